The molecule has 2 heteroatoms. The van der Waals surface area contributed by atoms with Gasteiger partial charge in [-0.1, -0.05) is 147 Å². The van der Waals surface area contributed by atoms with Gasteiger partial charge in [-0.25, -0.2) is 0 Å². The topological polar surface area (TPSA) is 9.86 Å². The number of fused-ring (bicyclic) bond motifs is 9. The van der Waals surface area contributed by atoms with Crippen LogP contribution in [-0.4, -0.2) is 9.13 Å². The summed E-state index contributed by atoms with van der Waals surface area (Å²) in [6, 6.07) is 67.1. The highest BCUT2D eigenvalue weighted by Gasteiger charge is 2.35. The summed E-state index contributed by atoms with van der Waals surface area (Å²) < 4.78 is 4.93. The summed E-state index contributed by atoms with van der Waals surface area (Å²) in [7, 11) is 0. The lowest BCUT2D eigenvalue weighted by Crippen LogP contribution is -2.14. The Kier molecular flexibility index (Phi) is 6.33. The maximum atomic E-state index is 2.49. The molecule has 0 N–H and O–H groups in total. The van der Waals surface area contributed by atoms with Gasteiger partial charge in [-0.3, -0.25) is 0 Å². The number of hydrogen-bond acceptors (Lipinski definition) is 0. The van der Waals surface area contributed by atoms with Crippen LogP contribution in [0, 0.1) is 0 Å². The molecule has 11 rings (SSSR count). The first-order valence-corrected chi connectivity index (χ1v) is 18.5. The second-order valence-corrected chi connectivity index (χ2v) is 15.0. The van der Waals surface area contributed by atoms with E-state index in [2.05, 4.69) is 205 Å². The maximum Gasteiger partial charge on any atom is 0.0562 e. The Bertz CT molecular complexity index is 3060. The summed E-state index contributed by atoms with van der Waals surface area (Å²) >= 11 is 0. The van der Waals surface area contributed by atoms with E-state index < -0.39 is 0 Å². The summed E-state index contributed by atoms with van der Waals surface area (Å²) in [6.07, 6.45) is 0. The molecule has 1 aliphatic rings. The molecule has 10 aromatic rings. The largest absolute Gasteiger partial charge is 0.309 e. The standard InChI is InChI=1S/C51H36N2/c1-51(2)44-20-10-6-17-38(44)41-30-35(26-29-45(41)51)37-16-7-11-21-46(37)53-48-23-13-9-19-40(48)43-31-42-39-18-8-12-22-47(39)52(49(42)32-50(43)53)36-27-24-34(25-28-36)33-14-4-3-5-15-33/h3-32H,1-2H3. The zero-order valence-electron chi connectivity index (χ0n) is 29.7. The van der Waals surface area contributed by atoms with E-state index in [1.807, 2.05) is 0 Å². The van der Waals surface area contributed by atoms with Crippen LogP contribution >= 0.6 is 0 Å². The van der Waals surface area contributed by atoms with Crippen LogP contribution in [-0.2, 0) is 5.41 Å². The van der Waals surface area contributed by atoms with Crippen molar-refractivity contribution in [3.8, 4) is 44.8 Å². The third-order valence-corrected chi connectivity index (χ3v) is 11.7. The van der Waals surface area contributed by atoms with Crippen molar-refractivity contribution in [2.75, 3.05) is 0 Å². The van der Waals surface area contributed by atoms with Gasteiger partial charge in [-0.05, 0) is 87.5 Å². The van der Waals surface area contributed by atoms with Gasteiger partial charge in [0.25, 0.3) is 0 Å². The number of hydrogen-bond donors (Lipinski definition) is 0. The first-order valence-electron chi connectivity index (χ1n) is 18.5. The van der Waals surface area contributed by atoms with Crippen molar-refractivity contribution in [2.24, 2.45) is 0 Å². The summed E-state index contributed by atoms with van der Waals surface area (Å²) in [5.41, 5.74) is 17.5. The molecule has 250 valence electrons. The quantitative estimate of drug-likeness (QED) is 0.176. The molecule has 0 atom stereocenters. The first-order chi connectivity index (χ1) is 26.1. The molecule has 0 saturated carbocycles. The molecule has 8 aromatic carbocycles. The minimum absolute atomic E-state index is 0.0253. The van der Waals surface area contributed by atoms with Crippen molar-refractivity contribution in [3.05, 3.63) is 193 Å². The van der Waals surface area contributed by atoms with Crippen molar-refractivity contribution in [1.29, 1.82) is 0 Å². The van der Waals surface area contributed by atoms with E-state index in [1.165, 1.54) is 93.8 Å². The molecular formula is C51H36N2. The Morgan fingerprint density at radius 3 is 1.64 bits per heavy atom. The van der Waals surface area contributed by atoms with Crippen molar-refractivity contribution in [1.82, 2.24) is 9.13 Å². The third-order valence-electron chi connectivity index (χ3n) is 11.7. The van der Waals surface area contributed by atoms with Gasteiger partial charge < -0.3 is 9.13 Å². The Hall–Kier alpha value is -6.64. The average Bonchev–Trinajstić information content (AvgIpc) is 3.80. The third kappa shape index (κ3) is 4.33. The second-order valence-electron chi connectivity index (χ2n) is 15.0. The van der Waals surface area contributed by atoms with Crippen LogP contribution in [0.5, 0.6) is 0 Å². The Morgan fingerprint density at radius 1 is 0.340 bits per heavy atom. The van der Waals surface area contributed by atoms with Gasteiger partial charge in [0.15, 0.2) is 0 Å². The fraction of sp³-hybridized carbons (Fsp3) is 0.0588. The summed E-state index contributed by atoms with van der Waals surface area (Å²) in [5, 5.41) is 5.04. The molecule has 2 nitrogen and oxygen atoms in total. The molecule has 0 aliphatic heterocycles. The minimum atomic E-state index is -0.0253. The Morgan fingerprint density at radius 2 is 0.887 bits per heavy atom. The highest BCUT2D eigenvalue weighted by Crippen LogP contribution is 2.50. The van der Waals surface area contributed by atoms with Gasteiger partial charge in [-0.2, -0.15) is 0 Å². The first kappa shape index (κ1) is 30.0. The lowest BCUT2D eigenvalue weighted by atomic mass is 9.82. The van der Waals surface area contributed by atoms with Crippen LogP contribution in [0.25, 0.3) is 88.4 Å². The zero-order chi connectivity index (χ0) is 35.3. The van der Waals surface area contributed by atoms with Gasteiger partial charge >= 0.3 is 0 Å². The molecule has 0 saturated heterocycles. The van der Waals surface area contributed by atoms with E-state index in [9.17, 15) is 0 Å². The van der Waals surface area contributed by atoms with Crippen LogP contribution in [0.2, 0.25) is 0 Å². The van der Waals surface area contributed by atoms with Crippen LogP contribution in [0.3, 0.4) is 0 Å². The monoisotopic (exact) mass is 676 g/mol. The molecule has 2 aromatic heterocycles. The van der Waals surface area contributed by atoms with Gasteiger partial charge in [0.05, 0.1) is 27.8 Å². The van der Waals surface area contributed by atoms with E-state index in [-0.39, 0.29) is 5.41 Å². The SMILES string of the molecule is CC1(C)c2ccccc2-c2cc(-c3ccccc3-n3c4ccccc4c4cc5c6ccccc6n(-c6ccc(-c7ccccc7)cc6)c5cc43)ccc21. The molecule has 0 fully saturated rings. The van der Waals surface area contributed by atoms with E-state index in [0.717, 1.165) is 5.69 Å². The van der Waals surface area contributed by atoms with Gasteiger partial charge in [0, 0.05) is 38.2 Å². The van der Waals surface area contributed by atoms with Gasteiger partial charge in [0.2, 0.25) is 0 Å². The Balaban J connectivity index is 1.16. The molecule has 53 heavy (non-hydrogen) atoms. The highest BCUT2D eigenvalue weighted by atomic mass is 15.0. The van der Waals surface area contributed by atoms with Crippen LogP contribution in [0.1, 0.15) is 25.0 Å². The summed E-state index contributed by atoms with van der Waals surface area (Å²) in [4.78, 5) is 0. The normalized spacial score (nSPS) is 13.2. The number of benzene rings is 8. The zero-order valence-corrected chi connectivity index (χ0v) is 29.7. The second kappa shape index (κ2) is 11.2. The lowest BCUT2D eigenvalue weighted by molar-refractivity contribution is 0.660. The van der Waals surface area contributed by atoms with Crippen molar-refractivity contribution < 1.29 is 0 Å². The van der Waals surface area contributed by atoms with Crippen molar-refractivity contribution in [2.45, 2.75) is 19.3 Å². The van der Waals surface area contributed by atoms with Crippen LogP contribution < -0.4 is 0 Å². The number of rotatable bonds is 4. The van der Waals surface area contributed by atoms with Crippen molar-refractivity contribution >= 4 is 43.6 Å². The predicted molar refractivity (Wildman–Crippen MR) is 224 cm³/mol. The number of para-hydroxylation sites is 3. The van der Waals surface area contributed by atoms with Crippen LogP contribution in [0.4, 0.5) is 0 Å². The minimum Gasteiger partial charge on any atom is -0.309 e. The lowest BCUT2D eigenvalue weighted by Gasteiger charge is -2.21. The molecule has 0 unspecified atom stereocenters. The fourth-order valence-corrected chi connectivity index (χ4v) is 9.20. The smallest absolute Gasteiger partial charge is 0.0562 e. The van der Waals surface area contributed by atoms with E-state index in [4.69, 9.17) is 0 Å². The van der Waals surface area contributed by atoms with E-state index in [0.29, 0.717) is 0 Å². The molecule has 0 radical (unpaired) electrons. The molecular weight excluding hydrogens is 641 g/mol. The van der Waals surface area contributed by atoms with Crippen molar-refractivity contribution in [3.63, 3.8) is 0 Å². The summed E-state index contributed by atoms with van der Waals surface area (Å²) in [6.45, 7) is 4.70. The predicted octanol–water partition coefficient (Wildman–Crippen LogP) is 13.5. The molecule has 0 spiro atoms. The highest BCUT2D eigenvalue weighted by molar-refractivity contribution is 6.19. The average molecular weight is 677 g/mol. The van der Waals surface area contributed by atoms with E-state index >= 15 is 0 Å². The number of nitrogens with zero attached hydrogens (tertiary/aromatic N) is 2. The Labute approximate surface area is 308 Å². The fourth-order valence-electron chi connectivity index (χ4n) is 9.20. The van der Waals surface area contributed by atoms with Crippen LogP contribution in [0.15, 0.2) is 182 Å². The van der Waals surface area contributed by atoms with Gasteiger partial charge in [0.1, 0.15) is 0 Å². The maximum absolute atomic E-state index is 2.49. The van der Waals surface area contributed by atoms with Gasteiger partial charge in [-0.15, -0.1) is 0 Å². The molecule has 1 aliphatic carbocycles. The molecule has 0 bridgehead atoms. The number of aromatic nitrogens is 2. The summed E-state index contributed by atoms with van der Waals surface area (Å²) in [5.74, 6) is 0. The molecule has 0 amide bonds. The molecule has 2 heterocycles. The van der Waals surface area contributed by atoms with E-state index in [1.54, 1.807) is 0 Å².